The quantitative estimate of drug-likeness (QED) is 0.885. The number of nitrogens with zero attached hydrogens (tertiary/aromatic N) is 2. The van der Waals surface area contributed by atoms with Crippen molar-refractivity contribution >= 4 is 34.8 Å². The van der Waals surface area contributed by atoms with Gasteiger partial charge in [0, 0.05) is 18.3 Å². The second kappa shape index (κ2) is 6.65. The predicted octanol–water partition coefficient (Wildman–Crippen LogP) is 3.81. The molecule has 0 aliphatic carbocycles. The van der Waals surface area contributed by atoms with E-state index in [9.17, 15) is 9.59 Å². The topological polar surface area (TPSA) is 76.0 Å². The minimum atomic E-state index is -0.258. The van der Waals surface area contributed by atoms with Crippen LogP contribution < -0.4 is 10.6 Å². The van der Waals surface area contributed by atoms with Crippen LogP contribution in [0.1, 0.15) is 43.7 Å². The molecule has 1 aromatic heterocycles. The van der Waals surface area contributed by atoms with E-state index < -0.39 is 0 Å². The Bertz CT molecular complexity index is 790. The summed E-state index contributed by atoms with van der Waals surface area (Å²) in [4.78, 5) is 23.6. The summed E-state index contributed by atoms with van der Waals surface area (Å²) in [5, 5.41) is 10.1. The van der Waals surface area contributed by atoms with Crippen LogP contribution in [0.5, 0.6) is 0 Å². The van der Waals surface area contributed by atoms with Crippen LogP contribution in [0, 0.1) is 6.92 Å². The van der Waals surface area contributed by atoms with Gasteiger partial charge in [0.1, 0.15) is 0 Å². The molecule has 7 heteroatoms. The molecule has 2 N–H and O–H groups in total. The molecule has 6 nitrogen and oxygen atoms in total. The van der Waals surface area contributed by atoms with Crippen molar-refractivity contribution in [3.05, 3.63) is 40.7 Å². The van der Waals surface area contributed by atoms with Gasteiger partial charge in [-0.25, -0.2) is 0 Å². The minimum Gasteiger partial charge on any atom is -0.325 e. The molecule has 0 aliphatic rings. The largest absolute Gasteiger partial charge is 0.325 e. The van der Waals surface area contributed by atoms with Crippen molar-refractivity contribution in [3.8, 4) is 0 Å². The lowest BCUT2D eigenvalue weighted by atomic mass is 10.1. The molecule has 2 rings (SSSR count). The fraction of sp³-hybridized carbons (Fsp3) is 0.353. The first-order valence-corrected chi connectivity index (χ1v) is 7.91. The van der Waals surface area contributed by atoms with Crippen LogP contribution in [0.4, 0.5) is 11.4 Å². The molecule has 0 unspecified atom stereocenters. The van der Waals surface area contributed by atoms with Crippen LogP contribution in [0.15, 0.2) is 24.4 Å². The second-order valence-electron chi connectivity index (χ2n) is 6.56. The molecule has 1 heterocycles. The molecule has 2 aromatic rings. The zero-order chi connectivity index (χ0) is 18.1. The van der Waals surface area contributed by atoms with E-state index in [0.29, 0.717) is 22.0 Å². The normalized spacial score (nSPS) is 11.2. The lowest BCUT2D eigenvalue weighted by Crippen LogP contribution is -2.25. The first kappa shape index (κ1) is 18.0. The smallest absolute Gasteiger partial charge is 0.259 e. The number of rotatable bonds is 3. The van der Waals surface area contributed by atoms with Crippen molar-refractivity contribution < 1.29 is 9.59 Å². The van der Waals surface area contributed by atoms with Crippen molar-refractivity contribution in [2.24, 2.45) is 0 Å². The van der Waals surface area contributed by atoms with E-state index in [0.717, 1.165) is 5.69 Å². The third-order valence-corrected chi connectivity index (χ3v) is 3.74. The molecule has 0 fully saturated rings. The Balaban J connectivity index is 2.20. The molecular weight excluding hydrogens is 328 g/mol. The first-order valence-electron chi connectivity index (χ1n) is 7.53. The number of hydrogen-bond donors (Lipinski definition) is 2. The van der Waals surface area contributed by atoms with E-state index in [4.69, 9.17) is 11.6 Å². The van der Waals surface area contributed by atoms with E-state index >= 15 is 0 Å². The summed E-state index contributed by atoms with van der Waals surface area (Å²) in [5.74, 6) is -0.467. The number of nitrogens with one attached hydrogen (secondary N) is 2. The van der Waals surface area contributed by atoms with Gasteiger partial charge in [0.05, 0.1) is 28.0 Å². The molecule has 0 atom stereocenters. The zero-order valence-electron chi connectivity index (χ0n) is 14.4. The number of amides is 2. The number of aromatic nitrogens is 2. The molecule has 128 valence electrons. The van der Waals surface area contributed by atoms with Gasteiger partial charge < -0.3 is 10.6 Å². The molecular formula is C17H21ClN4O2. The molecule has 0 radical (unpaired) electrons. The van der Waals surface area contributed by atoms with Crippen LogP contribution in [0.25, 0.3) is 0 Å². The van der Waals surface area contributed by atoms with Gasteiger partial charge in [0.2, 0.25) is 5.91 Å². The highest BCUT2D eigenvalue weighted by Gasteiger charge is 2.21. The molecule has 0 saturated heterocycles. The first-order chi connectivity index (χ1) is 11.1. The molecule has 0 bridgehead atoms. The summed E-state index contributed by atoms with van der Waals surface area (Å²) < 4.78 is 1.81. The van der Waals surface area contributed by atoms with Gasteiger partial charge >= 0.3 is 0 Å². The molecule has 2 amide bonds. The summed E-state index contributed by atoms with van der Waals surface area (Å²) >= 11 is 6.12. The third-order valence-electron chi connectivity index (χ3n) is 3.43. The average Bonchev–Trinajstić information content (AvgIpc) is 2.83. The van der Waals surface area contributed by atoms with E-state index in [-0.39, 0.29) is 17.4 Å². The number of halogens is 1. The average molecular weight is 349 g/mol. The Morgan fingerprint density at radius 3 is 2.38 bits per heavy atom. The van der Waals surface area contributed by atoms with Crippen molar-refractivity contribution in [1.29, 1.82) is 0 Å². The highest BCUT2D eigenvalue weighted by Crippen LogP contribution is 2.26. The van der Waals surface area contributed by atoms with Gasteiger partial charge in [-0.05, 0) is 45.9 Å². The monoisotopic (exact) mass is 348 g/mol. The Morgan fingerprint density at radius 1 is 1.21 bits per heavy atom. The Morgan fingerprint density at radius 2 is 1.88 bits per heavy atom. The van der Waals surface area contributed by atoms with E-state index in [1.807, 2.05) is 32.4 Å². The summed E-state index contributed by atoms with van der Waals surface area (Å²) in [6, 6.07) is 4.91. The Kier molecular flexibility index (Phi) is 4.99. The van der Waals surface area contributed by atoms with Crippen molar-refractivity contribution in [3.63, 3.8) is 0 Å². The van der Waals surface area contributed by atoms with Crippen molar-refractivity contribution in [1.82, 2.24) is 9.78 Å². The van der Waals surface area contributed by atoms with Crippen LogP contribution >= 0.6 is 11.6 Å². The van der Waals surface area contributed by atoms with Crippen LogP contribution in [-0.2, 0) is 10.3 Å². The summed E-state index contributed by atoms with van der Waals surface area (Å²) in [6.45, 7) is 9.33. The van der Waals surface area contributed by atoms with Gasteiger partial charge in [-0.3, -0.25) is 14.3 Å². The van der Waals surface area contributed by atoms with Gasteiger partial charge in [0.15, 0.2) is 0 Å². The maximum absolute atomic E-state index is 12.5. The molecule has 0 spiro atoms. The van der Waals surface area contributed by atoms with Crippen LogP contribution in [-0.4, -0.2) is 21.6 Å². The molecule has 1 aromatic carbocycles. The zero-order valence-corrected chi connectivity index (χ0v) is 15.2. The lowest BCUT2D eigenvalue weighted by molar-refractivity contribution is -0.114. The maximum atomic E-state index is 12.5. The predicted molar refractivity (Wildman–Crippen MR) is 95.7 cm³/mol. The third kappa shape index (κ3) is 3.94. The van der Waals surface area contributed by atoms with Gasteiger partial charge in [-0.1, -0.05) is 11.6 Å². The number of hydrogen-bond acceptors (Lipinski definition) is 3. The molecule has 0 saturated carbocycles. The van der Waals surface area contributed by atoms with E-state index in [1.165, 1.54) is 6.92 Å². The Labute approximate surface area is 146 Å². The SMILES string of the molecule is CC(=O)Nc1ccc(NC(=O)c2cnn(C(C)(C)C)c2C)cc1Cl. The summed E-state index contributed by atoms with van der Waals surface area (Å²) in [5.41, 5.74) is 2.14. The van der Waals surface area contributed by atoms with Gasteiger partial charge in [-0.15, -0.1) is 0 Å². The fourth-order valence-electron chi connectivity index (χ4n) is 2.39. The van der Waals surface area contributed by atoms with Crippen LogP contribution in [0.2, 0.25) is 5.02 Å². The Hall–Kier alpha value is -2.34. The number of benzene rings is 1. The van der Waals surface area contributed by atoms with Crippen molar-refractivity contribution in [2.75, 3.05) is 10.6 Å². The maximum Gasteiger partial charge on any atom is 0.259 e. The number of carbonyl (C=O) groups is 2. The van der Waals surface area contributed by atoms with Crippen molar-refractivity contribution in [2.45, 2.75) is 40.2 Å². The number of anilines is 2. The van der Waals surface area contributed by atoms with Crippen LogP contribution in [0.3, 0.4) is 0 Å². The van der Waals surface area contributed by atoms with Gasteiger partial charge in [0.25, 0.3) is 5.91 Å². The molecule has 24 heavy (non-hydrogen) atoms. The summed E-state index contributed by atoms with van der Waals surface area (Å²) in [7, 11) is 0. The van der Waals surface area contributed by atoms with E-state index in [2.05, 4.69) is 15.7 Å². The fourth-order valence-corrected chi connectivity index (χ4v) is 2.62. The lowest BCUT2D eigenvalue weighted by Gasteiger charge is -2.21. The highest BCUT2D eigenvalue weighted by atomic mass is 35.5. The minimum absolute atomic E-state index is 0.202. The number of carbonyl (C=O) groups excluding carboxylic acids is 2. The standard InChI is InChI=1S/C17H21ClN4O2/c1-10-13(9-19-22(10)17(3,4)5)16(24)21-12-6-7-15(14(18)8-12)20-11(2)23/h6-9H,1-5H3,(H,20,23)(H,21,24). The second-order valence-corrected chi connectivity index (χ2v) is 6.96. The van der Waals surface area contributed by atoms with E-state index in [1.54, 1.807) is 24.4 Å². The highest BCUT2D eigenvalue weighted by molar-refractivity contribution is 6.34. The van der Waals surface area contributed by atoms with Gasteiger partial charge in [-0.2, -0.15) is 5.10 Å². The summed E-state index contributed by atoms with van der Waals surface area (Å²) in [6.07, 6.45) is 1.56. The molecule has 0 aliphatic heterocycles.